The molecule has 0 aromatic heterocycles. The van der Waals surface area contributed by atoms with Crippen molar-refractivity contribution in [1.82, 2.24) is 0 Å². The molecule has 0 heterocycles. The van der Waals surface area contributed by atoms with Gasteiger partial charge in [-0.15, -0.1) is 6.54 Å². The summed E-state index contributed by atoms with van der Waals surface area (Å²) in [7, 11) is -4.51. The van der Waals surface area contributed by atoms with Crippen LogP contribution in [0.1, 0.15) is 97.3 Å². The first kappa shape index (κ1) is 28.5. The van der Waals surface area contributed by atoms with Crippen molar-refractivity contribution in [3.63, 3.8) is 0 Å². The molecular formula is C18H36NNaO5S. The summed E-state index contributed by atoms with van der Waals surface area (Å²) in [5, 5.41) is 3.88. The SMILES string of the molecule is CCCCCCCCCCCCCC[N-]C(=O)CC(C)OS(=O)(=O)O.[Na+]. The van der Waals surface area contributed by atoms with Gasteiger partial charge in [-0.3, -0.25) is 4.55 Å². The van der Waals surface area contributed by atoms with Gasteiger partial charge in [-0.1, -0.05) is 84.0 Å². The summed E-state index contributed by atoms with van der Waals surface area (Å²) in [4.78, 5) is 11.5. The number of hydrogen-bond acceptors (Lipinski definition) is 4. The van der Waals surface area contributed by atoms with Crippen molar-refractivity contribution >= 4 is 16.3 Å². The molecule has 0 aromatic rings. The van der Waals surface area contributed by atoms with Gasteiger partial charge in [0.05, 0.1) is 12.0 Å². The topological polar surface area (TPSA) is 94.8 Å². The van der Waals surface area contributed by atoms with E-state index in [1.165, 1.54) is 71.1 Å². The molecule has 0 aromatic carbocycles. The van der Waals surface area contributed by atoms with Crippen molar-refractivity contribution in [3.05, 3.63) is 5.32 Å². The molecule has 6 nitrogen and oxygen atoms in total. The third-order valence-corrected chi connectivity index (χ3v) is 4.62. The molecule has 0 aliphatic heterocycles. The number of carbonyl (C=O) groups excluding carboxylic acids is 1. The molecule has 150 valence electrons. The van der Waals surface area contributed by atoms with E-state index in [0.717, 1.165) is 12.8 Å². The second-order valence-electron chi connectivity index (χ2n) is 6.70. The van der Waals surface area contributed by atoms with Crippen LogP contribution >= 0.6 is 0 Å². The standard InChI is InChI=1S/C18H37NO5S.Na/c1-3-4-5-6-7-8-9-10-11-12-13-14-15-19-18(20)16-17(2)24-25(21,22)23;/h17H,3-16H2,1-2H3,(H2,19,20,21,22,23);/q;+1/p-1. The predicted octanol–water partition coefficient (Wildman–Crippen LogP) is 2.19. The van der Waals surface area contributed by atoms with Crippen LogP contribution in [0.3, 0.4) is 0 Å². The first-order chi connectivity index (χ1) is 11.8. The Hall–Kier alpha value is 0.340. The molecule has 0 saturated heterocycles. The van der Waals surface area contributed by atoms with E-state index in [1.54, 1.807) is 0 Å². The van der Waals surface area contributed by atoms with Crippen molar-refractivity contribution in [1.29, 1.82) is 0 Å². The number of rotatable bonds is 17. The smallest absolute Gasteiger partial charge is 0.653 e. The fourth-order valence-corrected chi connectivity index (χ4v) is 3.19. The monoisotopic (exact) mass is 401 g/mol. The van der Waals surface area contributed by atoms with Gasteiger partial charge in [-0.2, -0.15) is 8.42 Å². The Balaban J connectivity index is 0. The van der Waals surface area contributed by atoms with Gasteiger partial charge in [-0.25, -0.2) is 4.18 Å². The Bertz CT molecular complexity index is 431. The van der Waals surface area contributed by atoms with E-state index >= 15 is 0 Å². The fourth-order valence-electron chi connectivity index (χ4n) is 2.71. The largest absolute Gasteiger partial charge is 1.00 e. The van der Waals surface area contributed by atoms with E-state index in [9.17, 15) is 13.2 Å². The quantitative estimate of drug-likeness (QED) is 0.229. The summed E-state index contributed by atoms with van der Waals surface area (Å²) in [5.41, 5.74) is 0. The summed E-state index contributed by atoms with van der Waals surface area (Å²) in [6, 6.07) is 0. The normalized spacial score (nSPS) is 12.4. The average Bonchev–Trinajstić information content (AvgIpc) is 2.49. The molecule has 0 bridgehead atoms. The van der Waals surface area contributed by atoms with Crippen molar-refractivity contribution < 1.29 is 51.5 Å². The van der Waals surface area contributed by atoms with Crippen LogP contribution in [0.2, 0.25) is 0 Å². The van der Waals surface area contributed by atoms with Crippen molar-refractivity contribution in [2.24, 2.45) is 0 Å². The molecule has 0 saturated carbocycles. The maximum absolute atomic E-state index is 11.5. The molecule has 1 N–H and O–H groups in total. The summed E-state index contributed by atoms with van der Waals surface area (Å²) >= 11 is 0. The second kappa shape index (κ2) is 18.7. The molecule has 0 spiro atoms. The fraction of sp³-hybridized carbons (Fsp3) is 0.944. The summed E-state index contributed by atoms with van der Waals surface area (Å²) in [6.07, 6.45) is 14.0. The van der Waals surface area contributed by atoms with E-state index in [0.29, 0.717) is 6.54 Å². The Morgan fingerprint density at radius 1 is 0.923 bits per heavy atom. The Kier molecular flexibility index (Phi) is 20.5. The summed E-state index contributed by atoms with van der Waals surface area (Å²) < 4.78 is 33.8. The van der Waals surface area contributed by atoms with Crippen LogP contribution in [-0.4, -0.2) is 31.5 Å². The summed E-state index contributed by atoms with van der Waals surface area (Å²) in [6.45, 7) is 4.11. The molecule has 1 atom stereocenters. The van der Waals surface area contributed by atoms with E-state index in [4.69, 9.17) is 4.55 Å². The Morgan fingerprint density at radius 3 is 1.77 bits per heavy atom. The third kappa shape index (κ3) is 22.4. The van der Waals surface area contributed by atoms with Gasteiger partial charge in [0.15, 0.2) is 0 Å². The zero-order valence-electron chi connectivity index (χ0n) is 16.9. The van der Waals surface area contributed by atoms with Crippen LogP contribution in [0.4, 0.5) is 0 Å². The minimum atomic E-state index is -4.51. The number of nitrogens with zero attached hydrogens (tertiary/aromatic N) is 1. The molecule has 0 aliphatic rings. The Labute approximate surface area is 182 Å². The number of carbonyl (C=O) groups is 1. The third-order valence-electron chi connectivity index (χ3n) is 4.05. The molecule has 0 aliphatic carbocycles. The second-order valence-corrected chi connectivity index (χ2v) is 7.75. The van der Waals surface area contributed by atoms with Crippen molar-refractivity contribution in [2.75, 3.05) is 6.54 Å². The predicted molar refractivity (Wildman–Crippen MR) is 101 cm³/mol. The van der Waals surface area contributed by atoms with Crippen LogP contribution in [0.25, 0.3) is 5.32 Å². The molecular weight excluding hydrogens is 365 g/mol. The Morgan fingerprint density at radius 2 is 1.35 bits per heavy atom. The van der Waals surface area contributed by atoms with Gasteiger partial charge in [0.1, 0.15) is 0 Å². The van der Waals surface area contributed by atoms with Crippen LogP contribution in [-0.2, 0) is 19.4 Å². The van der Waals surface area contributed by atoms with Crippen LogP contribution in [0.15, 0.2) is 0 Å². The van der Waals surface area contributed by atoms with Crippen molar-refractivity contribution in [3.8, 4) is 0 Å². The van der Waals surface area contributed by atoms with Gasteiger partial charge in [-0.05, 0) is 6.92 Å². The molecule has 8 heteroatoms. The van der Waals surface area contributed by atoms with E-state index in [2.05, 4.69) is 16.4 Å². The first-order valence-electron chi connectivity index (χ1n) is 9.71. The number of hydrogen-bond donors (Lipinski definition) is 1. The molecule has 0 radical (unpaired) electrons. The van der Waals surface area contributed by atoms with E-state index in [1.807, 2.05) is 0 Å². The molecule has 1 unspecified atom stereocenters. The number of unbranched alkanes of at least 4 members (excludes halogenated alkanes) is 11. The number of amides is 1. The molecule has 26 heavy (non-hydrogen) atoms. The zero-order valence-corrected chi connectivity index (χ0v) is 19.7. The van der Waals surface area contributed by atoms with Crippen LogP contribution < -0.4 is 29.6 Å². The van der Waals surface area contributed by atoms with Gasteiger partial charge in [0.25, 0.3) is 0 Å². The van der Waals surface area contributed by atoms with Crippen LogP contribution in [0.5, 0.6) is 0 Å². The van der Waals surface area contributed by atoms with Gasteiger partial charge in [0.2, 0.25) is 0 Å². The molecule has 1 amide bonds. The van der Waals surface area contributed by atoms with E-state index < -0.39 is 16.5 Å². The van der Waals surface area contributed by atoms with Crippen molar-refractivity contribution in [2.45, 2.75) is 103 Å². The minimum Gasteiger partial charge on any atom is -0.653 e. The zero-order chi connectivity index (χ0) is 19.0. The minimum absolute atomic E-state index is 0. The molecule has 0 rings (SSSR count). The van der Waals surface area contributed by atoms with Gasteiger partial charge >= 0.3 is 40.0 Å². The molecule has 0 fully saturated rings. The maximum atomic E-state index is 11.5. The first-order valence-corrected chi connectivity index (χ1v) is 11.1. The maximum Gasteiger partial charge on any atom is 1.00 e. The summed E-state index contributed by atoms with van der Waals surface area (Å²) in [5.74, 6) is -0.390. The van der Waals surface area contributed by atoms with Gasteiger partial charge in [0, 0.05) is 6.42 Å². The average molecular weight is 402 g/mol. The van der Waals surface area contributed by atoms with E-state index in [-0.39, 0.29) is 41.9 Å². The van der Waals surface area contributed by atoms with Crippen LogP contribution in [0, 0.1) is 0 Å². The van der Waals surface area contributed by atoms with Gasteiger partial charge < -0.3 is 10.1 Å².